The number of amides is 4. The number of imide groups is 2. The molecule has 2 saturated heterocycles. The second-order valence-corrected chi connectivity index (χ2v) is 12.9. The monoisotopic (exact) mass is 696 g/mol. The molecule has 4 amide bonds. The molecule has 0 radical (unpaired) electrons. The van der Waals surface area contributed by atoms with Crippen molar-refractivity contribution in [3.8, 4) is 11.5 Å². The number of rotatable bonds is 4. The molecular weight excluding hydrogens is 679 g/mol. The Morgan fingerprint density at radius 2 is 1.71 bits per heavy atom. The number of hydrogen-bond donors (Lipinski definition) is 3. The predicted molar refractivity (Wildman–Crippen MR) is 154 cm³/mol. The molecular formula is C28H20BrCl3N2O8. The van der Waals surface area contributed by atoms with Gasteiger partial charge < -0.3 is 15.3 Å². The van der Waals surface area contributed by atoms with Gasteiger partial charge in [0.2, 0.25) is 11.8 Å². The number of carbonyl (C=O) groups is 5. The number of benzene rings is 2. The molecule has 0 bridgehead atoms. The van der Waals surface area contributed by atoms with E-state index < -0.39 is 74.3 Å². The van der Waals surface area contributed by atoms with Gasteiger partial charge in [-0.3, -0.25) is 24.1 Å². The van der Waals surface area contributed by atoms with E-state index in [4.69, 9.17) is 34.8 Å². The average molecular weight is 699 g/mol. The number of phenols is 2. The van der Waals surface area contributed by atoms with Crippen molar-refractivity contribution in [2.45, 2.75) is 28.5 Å². The average Bonchev–Trinajstić information content (AvgIpc) is 3.27. The number of carboxylic acids is 1. The van der Waals surface area contributed by atoms with E-state index in [2.05, 4.69) is 15.9 Å². The smallest absolute Gasteiger partial charge is 0.339 e. The minimum atomic E-state index is -2.04. The predicted octanol–water partition coefficient (Wildman–Crippen LogP) is 4.37. The third-order valence-electron chi connectivity index (χ3n) is 8.78. The highest BCUT2D eigenvalue weighted by Gasteiger charge is 2.76. The van der Waals surface area contributed by atoms with Crippen LogP contribution in [0, 0.1) is 17.8 Å². The summed E-state index contributed by atoms with van der Waals surface area (Å²) < 4.78 is 0. The normalized spacial score (nSPS) is 32.0. The van der Waals surface area contributed by atoms with Crippen LogP contribution in [0.15, 0.2) is 48.0 Å². The maximum Gasteiger partial charge on any atom is 0.339 e. The lowest BCUT2D eigenvalue weighted by atomic mass is 9.56. The first kappa shape index (κ1) is 29.0. The molecule has 0 unspecified atom stereocenters. The number of likely N-dealkylation sites (tertiary alicyclic amines) is 1. The topological polar surface area (TPSA) is 153 Å². The van der Waals surface area contributed by atoms with Crippen molar-refractivity contribution in [1.82, 2.24) is 4.90 Å². The van der Waals surface area contributed by atoms with E-state index >= 15 is 0 Å². The number of allylic oxidation sites excluding steroid dienone is 2. The number of alkyl halides is 3. The zero-order valence-electron chi connectivity index (χ0n) is 21.3. The molecule has 3 fully saturated rings. The van der Waals surface area contributed by atoms with Crippen molar-refractivity contribution in [1.29, 1.82) is 0 Å². The summed E-state index contributed by atoms with van der Waals surface area (Å²) in [6, 6.07) is 7.49. The van der Waals surface area contributed by atoms with E-state index in [9.17, 15) is 39.3 Å². The van der Waals surface area contributed by atoms with Gasteiger partial charge in [0.15, 0.2) is 9.75 Å². The van der Waals surface area contributed by atoms with Crippen molar-refractivity contribution in [3.05, 3.63) is 64.2 Å². The van der Waals surface area contributed by atoms with Gasteiger partial charge in [-0.05, 0) is 48.6 Å². The van der Waals surface area contributed by atoms with Crippen LogP contribution in [0.5, 0.6) is 11.5 Å². The fourth-order valence-corrected chi connectivity index (χ4v) is 8.64. The number of nitrogens with zero attached hydrogens (tertiary/aromatic N) is 2. The Morgan fingerprint density at radius 3 is 2.33 bits per heavy atom. The highest BCUT2D eigenvalue weighted by atomic mass is 79.9. The van der Waals surface area contributed by atoms with E-state index in [0.717, 1.165) is 21.9 Å². The zero-order chi connectivity index (χ0) is 30.5. The number of anilines is 1. The van der Waals surface area contributed by atoms with Crippen molar-refractivity contribution in [3.63, 3.8) is 0 Å². The molecule has 2 aromatic carbocycles. The van der Waals surface area contributed by atoms with Crippen LogP contribution in [0.3, 0.4) is 0 Å². The highest BCUT2D eigenvalue weighted by molar-refractivity contribution is 9.09. The van der Waals surface area contributed by atoms with Gasteiger partial charge in [-0.2, -0.15) is 0 Å². The largest absolute Gasteiger partial charge is 0.508 e. The Labute approximate surface area is 261 Å². The fourth-order valence-electron chi connectivity index (χ4n) is 6.94. The summed E-state index contributed by atoms with van der Waals surface area (Å²) in [4.78, 5) is 64.2. The van der Waals surface area contributed by atoms with Gasteiger partial charge in [0, 0.05) is 17.0 Å². The van der Waals surface area contributed by atoms with Gasteiger partial charge >= 0.3 is 5.97 Å². The van der Waals surface area contributed by atoms with Crippen LogP contribution in [-0.4, -0.2) is 65.0 Å². The first-order valence-corrected chi connectivity index (χ1v) is 15.0. The lowest BCUT2D eigenvalue weighted by Crippen LogP contribution is -2.60. The minimum absolute atomic E-state index is 0.0118. The van der Waals surface area contributed by atoms with Gasteiger partial charge in [0.1, 0.15) is 17.1 Å². The first-order chi connectivity index (χ1) is 19.8. The molecule has 218 valence electrons. The number of phenolic OH excluding ortho intramolecular Hbond substituents is 1. The number of fused-ring (bicyclic) bond motifs is 4. The summed E-state index contributed by atoms with van der Waals surface area (Å²) in [7, 11) is 0. The van der Waals surface area contributed by atoms with Crippen LogP contribution in [-0.2, 0) is 19.2 Å². The van der Waals surface area contributed by atoms with E-state index in [1.54, 1.807) is 6.08 Å². The third-order valence-corrected chi connectivity index (χ3v) is 11.0. The van der Waals surface area contributed by atoms with E-state index in [1.807, 2.05) is 0 Å². The first-order valence-electron chi connectivity index (χ1n) is 12.7. The van der Waals surface area contributed by atoms with Crippen LogP contribution < -0.4 is 4.90 Å². The SMILES string of the molecule is O=C(O)c1ccc(N2C(=O)[C@H]3[C@H](CC=C4[C@H]3C[C@@]3(Cl)C(=O)N(CBr)C(=O)[C@@]3(Cl)[C@H]4c3ccc(O)cc3Cl)C2=O)cc1O. The molecule has 42 heavy (non-hydrogen) atoms. The Morgan fingerprint density at radius 1 is 1.00 bits per heavy atom. The summed E-state index contributed by atoms with van der Waals surface area (Å²) in [5.74, 6) is -8.62. The molecule has 3 N–H and O–H groups in total. The molecule has 2 aliphatic heterocycles. The fraction of sp³-hybridized carbons (Fsp3) is 0.321. The molecule has 0 spiro atoms. The third kappa shape index (κ3) is 3.66. The van der Waals surface area contributed by atoms with Gasteiger partial charge in [0.05, 0.1) is 23.0 Å². The Bertz CT molecular complexity index is 1670. The number of hydrogen-bond acceptors (Lipinski definition) is 7. The molecule has 4 aliphatic rings. The van der Waals surface area contributed by atoms with Crippen LogP contribution in [0.25, 0.3) is 0 Å². The van der Waals surface area contributed by atoms with Crippen molar-refractivity contribution in [2.24, 2.45) is 17.8 Å². The molecule has 1 saturated carbocycles. The van der Waals surface area contributed by atoms with Crippen molar-refractivity contribution in [2.75, 3.05) is 10.4 Å². The summed E-state index contributed by atoms with van der Waals surface area (Å²) in [6.45, 7) is 0. The molecule has 2 aliphatic carbocycles. The van der Waals surface area contributed by atoms with Gasteiger partial charge in [-0.15, -0.1) is 23.2 Å². The summed E-state index contributed by atoms with van der Waals surface area (Å²) in [5, 5.41) is 29.6. The second-order valence-electron chi connectivity index (χ2n) is 10.7. The number of carboxylic acid groups (broad SMARTS) is 1. The summed E-state index contributed by atoms with van der Waals surface area (Å²) >= 11 is 24.0. The molecule has 0 aromatic heterocycles. The maximum absolute atomic E-state index is 14.0. The standard InChI is InChI=1S/C28H20BrCl3N2O8/c29-10-33-25(41)27(31)9-17-13(21(28(27,32)26(33)42)14-4-2-12(35)8-18(14)30)5-6-16-20(17)23(38)34(22(16)37)11-1-3-15(24(39)40)19(36)7-11/h1-5,7-8,16-17,20-21,35-36H,6,9-10H2,(H,39,40)/t16-,17+,20-,21+,27+,28-/m0/s1. The number of aromatic carboxylic acids is 1. The minimum Gasteiger partial charge on any atom is -0.508 e. The number of aromatic hydroxyl groups is 2. The number of halogens is 4. The molecule has 2 aromatic rings. The van der Waals surface area contributed by atoms with Crippen LogP contribution >= 0.6 is 50.7 Å². The van der Waals surface area contributed by atoms with Crippen LogP contribution in [0.2, 0.25) is 5.02 Å². The van der Waals surface area contributed by atoms with Gasteiger partial charge in [-0.1, -0.05) is 45.2 Å². The number of carbonyl (C=O) groups excluding carboxylic acids is 4. The van der Waals surface area contributed by atoms with E-state index in [1.165, 1.54) is 24.3 Å². The van der Waals surface area contributed by atoms with Crippen LogP contribution in [0.1, 0.15) is 34.7 Å². The summed E-state index contributed by atoms with van der Waals surface area (Å²) in [6.07, 6.45) is 1.59. The molecule has 10 nitrogen and oxygen atoms in total. The second kappa shape index (κ2) is 9.70. The van der Waals surface area contributed by atoms with Crippen molar-refractivity contribution >= 4 is 86.0 Å². The lowest BCUT2D eigenvalue weighted by molar-refractivity contribution is -0.138. The molecule has 14 heteroatoms. The van der Waals surface area contributed by atoms with E-state index in [-0.39, 0.29) is 34.8 Å². The summed E-state index contributed by atoms with van der Waals surface area (Å²) in [5.41, 5.74) is 0.232. The molecule has 2 heterocycles. The molecule has 6 atom stereocenters. The highest BCUT2D eigenvalue weighted by Crippen LogP contribution is 2.66. The lowest BCUT2D eigenvalue weighted by Gasteiger charge is -2.51. The van der Waals surface area contributed by atoms with Crippen LogP contribution in [0.4, 0.5) is 5.69 Å². The van der Waals surface area contributed by atoms with Gasteiger partial charge in [-0.25, -0.2) is 9.69 Å². The Balaban J connectivity index is 1.50. The molecule has 6 rings (SSSR count). The van der Waals surface area contributed by atoms with Crippen molar-refractivity contribution < 1.29 is 39.3 Å². The van der Waals surface area contributed by atoms with Gasteiger partial charge in [0.25, 0.3) is 11.8 Å². The van der Waals surface area contributed by atoms with E-state index in [0.29, 0.717) is 11.1 Å². The Hall–Kier alpha value is -3.12. The Kier molecular flexibility index (Phi) is 6.69. The quantitative estimate of drug-likeness (QED) is 0.184. The zero-order valence-corrected chi connectivity index (χ0v) is 25.1. The maximum atomic E-state index is 14.0.